The third-order valence-corrected chi connectivity index (χ3v) is 6.03. The molecule has 5 aromatic rings. The summed E-state index contributed by atoms with van der Waals surface area (Å²) in [5, 5.41) is 6.02. The van der Waals surface area contributed by atoms with Gasteiger partial charge in [0.05, 0.1) is 11.0 Å². The zero-order chi connectivity index (χ0) is 20.8. The fourth-order valence-corrected chi connectivity index (χ4v) is 4.55. The molecule has 31 heavy (non-hydrogen) atoms. The minimum atomic E-state index is 1.15. The predicted molar refractivity (Wildman–Crippen MR) is 133 cm³/mol. The van der Waals surface area contributed by atoms with E-state index in [2.05, 4.69) is 126 Å². The molecule has 1 aliphatic heterocycles. The maximum Gasteiger partial charge on any atom is 0.0541 e. The van der Waals surface area contributed by atoms with Crippen LogP contribution in [0.5, 0.6) is 0 Å². The quantitative estimate of drug-likeness (QED) is 0.321. The van der Waals surface area contributed by atoms with Gasteiger partial charge in [0.25, 0.3) is 0 Å². The van der Waals surface area contributed by atoms with Crippen LogP contribution < -0.4 is 5.32 Å². The zero-order valence-corrected chi connectivity index (χ0v) is 17.3. The molecule has 0 fully saturated rings. The number of allylic oxidation sites excluding steroid dienone is 3. The molecule has 0 unspecified atom stereocenters. The summed E-state index contributed by atoms with van der Waals surface area (Å²) in [5.41, 5.74) is 9.61. The van der Waals surface area contributed by atoms with E-state index in [-0.39, 0.29) is 0 Å². The Morgan fingerprint density at radius 3 is 2.32 bits per heavy atom. The van der Waals surface area contributed by atoms with Crippen LogP contribution in [-0.4, -0.2) is 4.57 Å². The Balaban J connectivity index is 1.55. The van der Waals surface area contributed by atoms with E-state index in [1.54, 1.807) is 0 Å². The van der Waals surface area contributed by atoms with Gasteiger partial charge in [-0.05, 0) is 72.2 Å². The van der Waals surface area contributed by atoms with Gasteiger partial charge in [-0.3, -0.25) is 0 Å². The van der Waals surface area contributed by atoms with E-state index in [1.165, 1.54) is 44.2 Å². The van der Waals surface area contributed by atoms with Crippen LogP contribution in [0.15, 0.2) is 109 Å². The van der Waals surface area contributed by atoms with Crippen molar-refractivity contribution < 1.29 is 0 Å². The van der Waals surface area contributed by atoms with Crippen molar-refractivity contribution >= 4 is 33.6 Å². The summed E-state index contributed by atoms with van der Waals surface area (Å²) < 4.78 is 2.35. The summed E-state index contributed by atoms with van der Waals surface area (Å²) in [6.07, 6.45) is 6.38. The molecule has 1 N–H and O–H groups in total. The van der Waals surface area contributed by atoms with Crippen LogP contribution in [0.1, 0.15) is 12.5 Å². The number of para-hydroxylation sites is 2. The van der Waals surface area contributed by atoms with Gasteiger partial charge in [0.2, 0.25) is 0 Å². The number of nitrogens with one attached hydrogen (secondary N) is 1. The van der Waals surface area contributed by atoms with Crippen LogP contribution in [0, 0.1) is 0 Å². The summed E-state index contributed by atoms with van der Waals surface area (Å²) >= 11 is 0. The molecule has 0 radical (unpaired) electrons. The highest BCUT2D eigenvalue weighted by Gasteiger charge is 2.13. The Labute approximate surface area is 181 Å². The van der Waals surface area contributed by atoms with Crippen molar-refractivity contribution in [3.05, 3.63) is 114 Å². The minimum Gasteiger partial charge on any atom is -0.359 e. The van der Waals surface area contributed by atoms with Gasteiger partial charge in [-0.15, -0.1) is 0 Å². The topological polar surface area (TPSA) is 17.0 Å². The van der Waals surface area contributed by atoms with Crippen molar-refractivity contribution in [1.29, 1.82) is 0 Å². The number of fused-ring (bicyclic) bond motifs is 4. The molecule has 4 aromatic carbocycles. The fraction of sp³-hybridized carbons (Fsp3) is 0.0345. The molecule has 0 atom stereocenters. The second-order valence-electron chi connectivity index (χ2n) is 8.06. The number of nitrogens with zero attached hydrogens (tertiary/aromatic N) is 1. The van der Waals surface area contributed by atoms with Gasteiger partial charge in [0.1, 0.15) is 0 Å². The first-order chi connectivity index (χ1) is 15.3. The lowest BCUT2D eigenvalue weighted by atomic mass is 9.99. The van der Waals surface area contributed by atoms with Gasteiger partial charge in [-0.1, -0.05) is 60.7 Å². The fourth-order valence-electron chi connectivity index (χ4n) is 4.55. The highest BCUT2D eigenvalue weighted by atomic mass is 15.0. The number of anilines is 1. The van der Waals surface area contributed by atoms with Crippen molar-refractivity contribution in [1.82, 2.24) is 4.57 Å². The maximum atomic E-state index is 3.47. The monoisotopic (exact) mass is 398 g/mol. The summed E-state index contributed by atoms with van der Waals surface area (Å²) in [4.78, 5) is 0. The molecule has 0 bridgehead atoms. The first-order valence-electron chi connectivity index (χ1n) is 10.6. The van der Waals surface area contributed by atoms with E-state index in [0.29, 0.717) is 0 Å². The Hall–Kier alpha value is -4.04. The zero-order valence-electron chi connectivity index (χ0n) is 17.3. The Bertz CT molecular complexity index is 1500. The Kier molecular flexibility index (Phi) is 4.03. The van der Waals surface area contributed by atoms with Gasteiger partial charge in [-0.2, -0.15) is 0 Å². The Morgan fingerprint density at radius 1 is 0.677 bits per heavy atom. The van der Waals surface area contributed by atoms with Crippen molar-refractivity contribution in [2.24, 2.45) is 0 Å². The van der Waals surface area contributed by atoms with Gasteiger partial charge < -0.3 is 9.88 Å². The van der Waals surface area contributed by atoms with Gasteiger partial charge in [0.15, 0.2) is 0 Å². The van der Waals surface area contributed by atoms with Crippen LogP contribution in [0.25, 0.3) is 44.7 Å². The van der Waals surface area contributed by atoms with Crippen LogP contribution in [0.4, 0.5) is 5.69 Å². The number of hydrogen-bond acceptors (Lipinski definition) is 1. The number of rotatable bonds is 2. The van der Waals surface area contributed by atoms with Crippen molar-refractivity contribution in [2.75, 3.05) is 5.32 Å². The average molecular weight is 399 g/mol. The first-order valence-corrected chi connectivity index (χ1v) is 10.6. The highest BCUT2D eigenvalue weighted by molar-refractivity contribution is 6.10. The van der Waals surface area contributed by atoms with Crippen LogP contribution in [-0.2, 0) is 0 Å². The van der Waals surface area contributed by atoms with Crippen LogP contribution >= 0.6 is 0 Å². The first kappa shape index (κ1) is 17.8. The standard InChI is InChI=1S/C29H22N2/c1-20-8-7-9-23-18-21(14-16-27(23)30-20)22-15-17-29-26(19-22)25-12-5-6-13-28(25)31(29)24-10-3-2-4-11-24/h2-19,30H,1H3. The summed E-state index contributed by atoms with van der Waals surface area (Å²) in [5.74, 6) is 0. The van der Waals surface area contributed by atoms with E-state index in [1.807, 2.05) is 0 Å². The van der Waals surface area contributed by atoms with Gasteiger partial charge in [0, 0.05) is 27.8 Å². The molecule has 0 saturated carbocycles. The molecule has 0 spiro atoms. The van der Waals surface area contributed by atoms with E-state index in [0.717, 1.165) is 11.4 Å². The van der Waals surface area contributed by atoms with Crippen LogP contribution in [0.2, 0.25) is 0 Å². The third-order valence-electron chi connectivity index (χ3n) is 6.03. The van der Waals surface area contributed by atoms with Crippen molar-refractivity contribution in [3.63, 3.8) is 0 Å². The van der Waals surface area contributed by atoms with E-state index in [9.17, 15) is 0 Å². The molecule has 0 aliphatic carbocycles. The predicted octanol–water partition coefficient (Wildman–Crippen LogP) is 7.79. The van der Waals surface area contributed by atoms with Gasteiger partial charge in [-0.25, -0.2) is 0 Å². The minimum absolute atomic E-state index is 1.15. The molecule has 2 nitrogen and oxygen atoms in total. The number of benzene rings is 4. The lowest BCUT2D eigenvalue weighted by Crippen LogP contribution is -1.96. The molecular weight excluding hydrogens is 376 g/mol. The lowest BCUT2D eigenvalue weighted by molar-refractivity contribution is 1.18. The largest absolute Gasteiger partial charge is 0.359 e. The number of hydrogen-bond donors (Lipinski definition) is 1. The SMILES string of the molecule is CC1=CC=Cc2cc(-c3ccc4c(c3)c3ccccc3n4-c3ccccc3)ccc2N1. The normalized spacial score (nSPS) is 13.0. The molecule has 6 rings (SSSR count). The average Bonchev–Trinajstić information content (AvgIpc) is 3.02. The van der Waals surface area contributed by atoms with Crippen LogP contribution in [0.3, 0.4) is 0 Å². The molecule has 1 aromatic heterocycles. The van der Waals surface area contributed by atoms with E-state index >= 15 is 0 Å². The van der Waals surface area contributed by atoms with E-state index in [4.69, 9.17) is 0 Å². The molecule has 0 amide bonds. The molecule has 2 heterocycles. The molecule has 1 aliphatic rings. The molecule has 0 saturated heterocycles. The molecule has 2 heteroatoms. The highest BCUT2D eigenvalue weighted by Crippen LogP contribution is 2.36. The second-order valence-corrected chi connectivity index (χ2v) is 8.06. The summed E-state index contributed by atoms with van der Waals surface area (Å²) in [7, 11) is 0. The maximum absolute atomic E-state index is 3.47. The van der Waals surface area contributed by atoms with Crippen molar-refractivity contribution in [3.8, 4) is 16.8 Å². The second kappa shape index (κ2) is 7.03. The summed E-state index contributed by atoms with van der Waals surface area (Å²) in [6.45, 7) is 2.09. The van der Waals surface area contributed by atoms with Crippen molar-refractivity contribution in [2.45, 2.75) is 6.92 Å². The smallest absolute Gasteiger partial charge is 0.0541 e. The van der Waals surface area contributed by atoms with E-state index < -0.39 is 0 Å². The molecule has 148 valence electrons. The molecular formula is C29H22N2. The number of aromatic nitrogens is 1. The lowest BCUT2D eigenvalue weighted by Gasteiger charge is -2.11. The summed E-state index contributed by atoms with van der Waals surface area (Å²) in [6, 6.07) is 32.7. The Morgan fingerprint density at radius 2 is 1.42 bits per heavy atom. The third kappa shape index (κ3) is 2.96. The van der Waals surface area contributed by atoms with Gasteiger partial charge >= 0.3 is 0 Å².